The minimum Gasteiger partial charge on any atom is -0.506 e. The van der Waals surface area contributed by atoms with E-state index in [0.29, 0.717) is 6.54 Å². The lowest BCUT2D eigenvalue weighted by Crippen LogP contribution is -2.43. The number of phenolic OH excluding ortho intramolecular Hbond substituents is 1. The number of ether oxygens (including phenoxy) is 1. The molecule has 34 heavy (non-hydrogen) atoms. The highest BCUT2D eigenvalue weighted by molar-refractivity contribution is 5.93. The van der Waals surface area contributed by atoms with Gasteiger partial charge in [-0.3, -0.25) is 14.5 Å². The highest BCUT2D eigenvalue weighted by atomic mass is 16.5. The first kappa shape index (κ1) is 23.5. The van der Waals surface area contributed by atoms with Crippen LogP contribution >= 0.6 is 0 Å². The highest BCUT2D eigenvalue weighted by Gasteiger charge is 2.14. The predicted octanol–water partition coefficient (Wildman–Crippen LogP) is 1.68. The molecule has 1 aromatic heterocycles. The molecule has 0 atom stereocenters. The van der Waals surface area contributed by atoms with Gasteiger partial charge in [0, 0.05) is 45.3 Å². The Labute approximate surface area is 197 Å². The van der Waals surface area contributed by atoms with Crippen molar-refractivity contribution < 1.29 is 14.6 Å². The highest BCUT2D eigenvalue weighted by Crippen LogP contribution is 2.21. The Balaban J connectivity index is 1.38. The van der Waals surface area contributed by atoms with Crippen molar-refractivity contribution in [2.75, 3.05) is 40.3 Å². The molecule has 0 spiro atoms. The van der Waals surface area contributed by atoms with Crippen LogP contribution in [-0.4, -0.2) is 71.1 Å². The molecule has 2 aromatic carbocycles. The zero-order chi connectivity index (χ0) is 24.1. The Morgan fingerprint density at radius 3 is 2.56 bits per heavy atom. The van der Waals surface area contributed by atoms with Crippen LogP contribution in [0, 0.1) is 0 Å². The molecule has 1 saturated heterocycles. The number of carbonyl (C=O) groups is 1. The molecule has 0 saturated carbocycles. The fourth-order valence-electron chi connectivity index (χ4n) is 3.87. The second kappa shape index (κ2) is 10.5. The molecule has 4 rings (SSSR count). The van der Waals surface area contributed by atoms with Gasteiger partial charge in [0.05, 0.1) is 12.5 Å². The second-order valence-electron chi connectivity index (χ2n) is 8.41. The normalized spacial score (nSPS) is 15.4. The molecular formula is C25H29N5O4. The molecular weight excluding hydrogens is 434 g/mol. The Bertz CT molecular complexity index is 1240. The van der Waals surface area contributed by atoms with Crippen molar-refractivity contribution in [1.82, 2.24) is 25.1 Å². The number of hydrogen-bond donors (Lipinski definition) is 3. The van der Waals surface area contributed by atoms with Crippen LogP contribution in [0.5, 0.6) is 5.75 Å². The maximum Gasteiger partial charge on any atom is 0.259 e. The van der Waals surface area contributed by atoms with Crippen molar-refractivity contribution in [3.8, 4) is 5.75 Å². The van der Waals surface area contributed by atoms with Crippen LogP contribution in [0.1, 0.15) is 17.0 Å². The maximum atomic E-state index is 12.5. The molecule has 178 valence electrons. The van der Waals surface area contributed by atoms with Gasteiger partial charge in [0.1, 0.15) is 11.3 Å². The number of piperazine rings is 1. The molecule has 2 heterocycles. The van der Waals surface area contributed by atoms with Crippen molar-refractivity contribution in [3.05, 3.63) is 75.8 Å². The van der Waals surface area contributed by atoms with Crippen molar-refractivity contribution in [1.29, 1.82) is 0 Å². The summed E-state index contributed by atoms with van der Waals surface area (Å²) >= 11 is 0. The molecule has 0 radical (unpaired) electrons. The molecule has 9 heteroatoms. The quantitative estimate of drug-likeness (QED) is 0.361. The van der Waals surface area contributed by atoms with E-state index in [0.717, 1.165) is 38.3 Å². The summed E-state index contributed by atoms with van der Waals surface area (Å²) in [4.78, 5) is 36.5. The van der Waals surface area contributed by atoms with Crippen LogP contribution in [0.15, 0.2) is 53.3 Å². The number of nitrogens with zero attached hydrogens (tertiary/aromatic N) is 3. The smallest absolute Gasteiger partial charge is 0.259 e. The van der Waals surface area contributed by atoms with Gasteiger partial charge in [-0.25, -0.2) is 4.98 Å². The molecule has 0 bridgehead atoms. The number of aromatic amines is 1. The Kier molecular flexibility index (Phi) is 7.24. The molecule has 3 N–H and O–H groups in total. The summed E-state index contributed by atoms with van der Waals surface area (Å²) in [5.41, 5.74) is 1.93. The number of benzene rings is 2. The zero-order valence-corrected chi connectivity index (χ0v) is 19.4. The fourth-order valence-corrected chi connectivity index (χ4v) is 3.87. The number of fused-ring (bicyclic) bond motifs is 1. The number of amides is 1. The fraction of sp³-hybridized carbons (Fsp3) is 0.320. The summed E-state index contributed by atoms with van der Waals surface area (Å²) in [5, 5.41) is 13.1. The van der Waals surface area contributed by atoms with Gasteiger partial charge >= 0.3 is 0 Å². The first-order valence-electron chi connectivity index (χ1n) is 11.2. The summed E-state index contributed by atoms with van der Waals surface area (Å²) in [6.07, 6.45) is 1.23. The monoisotopic (exact) mass is 463 g/mol. The van der Waals surface area contributed by atoms with Gasteiger partial charge in [-0.05, 0) is 30.3 Å². The largest absolute Gasteiger partial charge is 0.506 e. The molecule has 3 aromatic rings. The average Bonchev–Trinajstić information content (AvgIpc) is 2.84. The van der Waals surface area contributed by atoms with Crippen molar-refractivity contribution in [2.24, 2.45) is 0 Å². The van der Waals surface area contributed by atoms with Gasteiger partial charge < -0.3 is 25.0 Å². The number of H-pyrrole nitrogens is 1. The summed E-state index contributed by atoms with van der Waals surface area (Å²) in [5.74, 6) is -0.369. The summed E-state index contributed by atoms with van der Waals surface area (Å²) in [6, 6.07) is 12.8. The van der Waals surface area contributed by atoms with Crippen molar-refractivity contribution in [3.63, 3.8) is 0 Å². The summed E-state index contributed by atoms with van der Waals surface area (Å²) < 4.78 is 5.28. The van der Waals surface area contributed by atoms with Crippen LogP contribution < -0.4 is 10.9 Å². The maximum absolute atomic E-state index is 12.5. The topological polar surface area (TPSA) is 111 Å². The van der Waals surface area contributed by atoms with Gasteiger partial charge in [-0.2, -0.15) is 0 Å². The molecule has 9 nitrogen and oxygen atoms in total. The van der Waals surface area contributed by atoms with Gasteiger partial charge in [0.2, 0.25) is 5.91 Å². The van der Waals surface area contributed by atoms with E-state index in [1.165, 1.54) is 24.8 Å². The number of nitrogens with one attached hydrogen (secondary N) is 2. The van der Waals surface area contributed by atoms with E-state index in [-0.39, 0.29) is 28.2 Å². The third kappa shape index (κ3) is 5.62. The number of phenols is 1. The molecule has 1 aliphatic heterocycles. The summed E-state index contributed by atoms with van der Waals surface area (Å²) in [7, 11) is 3.53. The standard InChI is InChI=1S/C25H29N5O4/c1-29-10-12-30(13-11-29)16-18-8-6-17(7-9-18)15-26-22(32)14-21(34-2)24-27-23-19(25(33)28-24)4-3-5-20(23)31/h3-9,14,31H,10-13,15-16H2,1-2H3,(H,26,32)(H,27,28,33). The molecule has 0 unspecified atom stereocenters. The molecule has 1 amide bonds. The van der Waals surface area contributed by atoms with Gasteiger partial charge in [-0.15, -0.1) is 0 Å². The molecule has 0 aliphatic carbocycles. The van der Waals surface area contributed by atoms with E-state index < -0.39 is 11.5 Å². The Hall–Kier alpha value is -3.69. The zero-order valence-electron chi connectivity index (χ0n) is 19.4. The van der Waals surface area contributed by atoms with E-state index in [4.69, 9.17) is 4.74 Å². The third-order valence-electron chi connectivity index (χ3n) is 5.92. The van der Waals surface area contributed by atoms with Crippen LogP contribution in [0.25, 0.3) is 16.7 Å². The molecule has 1 aliphatic rings. The molecule has 1 fully saturated rings. The van der Waals surface area contributed by atoms with Crippen LogP contribution in [0.4, 0.5) is 0 Å². The Morgan fingerprint density at radius 2 is 1.85 bits per heavy atom. The number of rotatable bonds is 7. The Morgan fingerprint density at radius 1 is 1.15 bits per heavy atom. The first-order chi connectivity index (χ1) is 16.4. The van der Waals surface area contributed by atoms with Crippen LogP contribution in [0.3, 0.4) is 0 Å². The lowest BCUT2D eigenvalue weighted by Gasteiger charge is -2.32. The van der Waals surface area contributed by atoms with Crippen molar-refractivity contribution >= 4 is 22.6 Å². The average molecular weight is 464 g/mol. The number of aromatic hydroxyl groups is 1. The lowest BCUT2D eigenvalue weighted by atomic mass is 10.1. The van der Waals surface area contributed by atoms with E-state index in [1.807, 2.05) is 12.1 Å². The van der Waals surface area contributed by atoms with Gasteiger partial charge in [-0.1, -0.05) is 30.3 Å². The minimum atomic E-state index is -0.434. The third-order valence-corrected chi connectivity index (χ3v) is 5.92. The number of likely N-dealkylation sites (N-methyl/N-ethyl adjacent to an activating group) is 1. The number of carbonyl (C=O) groups excluding carboxylic acids is 1. The van der Waals surface area contributed by atoms with E-state index in [2.05, 4.69) is 44.3 Å². The first-order valence-corrected chi connectivity index (χ1v) is 11.2. The predicted molar refractivity (Wildman–Crippen MR) is 130 cm³/mol. The van der Waals surface area contributed by atoms with E-state index in [9.17, 15) is 14.7 Å². The number of methoxy groups -OCH3 is 1. The number of hydrogen-bond acceptors (Lipinski definition) is 7. The van der Waals surface area contributed by atoms with E-state index >= 15 is 0 Å². The van der Waals surface area contributed by atoms with Gasteiger partial charge in [0.15, 0.2) is 11.6 Å². The lowest BCUT2D eigenvalue weighted by molar-refractivity contribution is -0.116. The van der Waals surface area contributed by atoms with Crippen molar-refractivity contribution in [2.45, 2.75) is 13.1 Å². The second-order valence-corrected chi connectivity index (χ2v) is 8.41. The SMILES string of the molecule is COC(=CC(=O)NCc1ccc(CN2CCN(C)CC2)cc1)c1nc2c(O)cccc2c(=O)[nH]1. The van der Waals surface area contributed by atoms with Gasteiger partial charge in [0.25, 0.3) is 5.56 Å². The van der Waals surface area contributed by atoms with Crippen LogP contribution in [0.2, 0.25) is 0 Å². The van der Waals surface area contributed by atoms with Crippen LogP contribution in [-0.2, 0) is 22.6 Å². The summed E-state index contributed by atoms with van der Waals surface area (Å²) in [6.45, 7) is 5.59. The van der Waals surface area contributed by atoms with E-state index in [1.54, 1.807) is 12.1 Å². The number of para-hydroxylation sites is 1. The minimum absolute atomic E-state index is 0.0601. The number of aromatic nitrogens is 2.